The van der Waals surface area contributed by atoms with Crippen molar-refractivity contribution in [3.05, 3.63) is 34.6 Å². The Balaban J connectivity index is 2.35. The lowest BCUT2D eigenvalue weighted by atomic mass is 9.96. The first kappa shape index (κ1) is 15.6. The van der Waals surface area contributed by atoms with Crippen molar-refractivity contribution in [3.63, 3.8) is 0 Å². The van der Waals surface area contributed by atoms with Crippen LogP contribution in [0.2, 0.25) is 0 Å². The number of nitrogen functional groups attached to an aromatic ring is 1. The van der Waals surface area contributed by atoms with Crippen LogP contribution in [0.4, 0.5) is 17.3 Å². The standard InChI is InChI=1S/C15H19BrN4O/c1-15(2,3)14-19-12(17)8-13(20-14)18-10-5-9(16)6-11(7-10)21-4/h5-8H,1-4H3,(H3,17,18,19,20). The molecule has 0 radical (unpaired) electrons. The number of nitrogens with zero attached hydrogens (tertiary/aromatic N) is 2. The number of benzene rings is 1. The first-order valence-electron chi connectivity index (χ1n) is 6.54. The van der Waals surface area contributed by atoms with E-state index in [2.05, 4.69) is 31.2 Å². The van der Waals surface area contributed by atoms with Gasteiger partial charge in [0.15, 0.2) is 0 Å². The maximum absolute atomic E-state index is 5.87. The van der Waals surface area contributed by atoms with Crippen LogP contribution in [0.5, 0.6) is 5.75 Å². The molecule has 5 nitrogen and oxygen atoms in total. The minimum atomic E-state index is -0.166. The molecule has 112 valence electrons. The highest BCUT2D eigenvalue weighted by Gasteiger charge is 2.18. The smallest absolute Gasteiger partial charge is 0.138 e. The zero-order valence-electron chi connectivity index (χ0n) is 12.6. The van der Waals surface area contributed by atoms with E-state index in [9.17, 15) is 0 Å². The quantitative estimate of drug-likeness (QED) is 0.878. The van der Waals surface area contributed by atoms with Gasteiger partial charge in [-0.25, -0.2) is 9.97 Å². The number of halogens is 1. The van der Waals surface area contributed by atoms with Crippen LogP contribution in [0.1, 0.15) is 26.6 Å². The molecule has 0 amide bonds. The van der Waals surface area contributed by atoms with E-state index in [-0.39, 0.29) is 5.41 Å². The summed E-state index contributed by atoms with van der Waals surface area (Å²) in [5.74, 6) is 2.56. The average molecular weight is 351 g/mol. The van der Waals surface area contributed by atoms with Gasteiger partial charge in [0.25, 0.3) is 0 Å². The minimum Gasteiger partial charge on any atom is -0.497 e. The van der Waals surface area contributed by atoms with Gasteiger partial charge in [-0.15, -0.1) is 0 Å². The first-order valence-corrected chi connectivity index (χ1v) is 7.34. The van der Waals surface area contributed by atoms with Crippen LogP contribution < -0.4 is 15.8 Å². The van der Waals surface area contributed by atoms with Gasteiger partial charge in [0.05, 0.1) is 7.11 Å². The summed E-state index contributed by atoms with van der Waals surface area (Å²) < 4.78 is 6.17. The van der Waals surface area contributed by atoms with Gasteiger partial charge in [-0.1, -0.05) is 36.7 Å². The fourth-order valence-corrected chi connectivity index (χ4v) is 2.24. The number of aromatic nitrogens is 2. The molecule has 0 atom stereocenters. The molecular formula is C15H19BrN4O. The third-order valence-electron chi connectivity index (χ3n) is 2.80. The van der Waals surface area contributed by atoms with Crippen LogP contribution in [-0.4, -0.2) is 17.1 Å². The third kappa shape index (κ3) is 4.07. The van der Waals surface area contributed by atoms with Crippen molar-refractivity contribution < 1.29 is 4.74 Å². The molecule has 0 saturated carbocycles. The Morgan fingerprint density at radius 2 is 1.86 bits per heavy atom. The zero-order chi connectivity index (χ0) is 15.6. The monoisotopic (exact) mass is 350 g/mol. The van der Waals surface area contributed by atoms with Crippen LogP contribution in [0.15, 0.2) is 28.7 Å². The van der Waals surface area contributed by atoms with E-state index in [0.29, 0.717) is 17.5 Å². The second kappa shape index (κ2) is 5.89. The number of ether oxygens (including phenoxy) is 1. The average Bonchev–Trinajstić information content (AvgIpc) is 2.36. The van der Waals surface area contributed by atoms with Crippen LogP contribution in [0.3, 0.4) is 0 Å². The Labute approximate surface area is 133 Å². The summed E-state index contributed by atoms with van der Waals surface area (Å²) >= 11 is 3.45. The van der Waals surface area contributed by atoms with Crippen LogP contribution in [0, 0.1) is 0 Å². The molecule has 21 heavy (non-hydrogen) atoms. The van der Waals surface area contributed by atoms with Gasteiger partial charge < -0.3 is 15.8 Å². The molecule has 2 aromatic rings. The van der Waals surface area contributed by atoms with E-state index in [1.54, 1.807) is 13.2 Å². The lowest BCUT2D eigenvalue weighted by molar-refractivity contribution is 0.415. The molecule has 1 heterocycles. The second-order valence-electron chi connectivity index (χ2n) is 5.76. The number of hydrogen-bond acceptors (Lipinski definition) is 5. The number of nitrogens with one attached hydrogen (secondary N) is 1. The second-order valence-corrected chi connectivity index (χ2v) is 6.67. The molecule has 6 heteroatoms. The van der Waals surface area contributed by atoms with Crippen LogP contribution >= 0.6 is 15.9 Å². The largest absolute Gasteiger partial charge is 0.497 e. The van der Waals surface area contributed by atoms with Gasteiger partial charge >= 0.3 is 0 Å². The Morgan fingerprint density at radius 3 is 2.48 bits per heavy atom. The van der Waals surface area contributed by atoms with Gasteiger partial charge in [-0.3, -0.25) is 0 Å². The summed E-state index contributed by atoms with van der Waals surface area (Å²) in [5.41, 5.74) is 6.57. The molecule has 2 rings (SSSR count). The maximum Gasteiger partial charge on any atom is 0.138 e. The van der Waals surface area contributed by atoms with E-state index in [1.165, 1.54) is 0 Å². The van der Waals surface area contributed by atoms with E-state index in [1.807, 2.05) is 39.0 Å². The van der Waals surface area contributed by atoms with E-state index in [0.717, 1.165) is 15.9 Å². The Morgan fingerprint density at radius 1 is 1.14 bits per heavy atom. The van der Waals surface area contributed by atoms with Crippen molar-refractivity contribution in [3.8, 4) is 5.75 Å². The predicted molar refractivity (Wildman–Crippen MR) is 89.1 cm³/mol. The number of hydrogen-bond donors (Lipinski definition) is 2. The van der Waals surface area contributed by atoms with Gasteiger partial charge in [0.2, 0.25) is 0 Å². The summed E-state index contributed by atoms with van der Waals surface area (Å²) in [6.45, 7) is 6.15. The summed E-state index contributed by atoms with van der Waals surface area (Å²) in [6.07, 6.45) is 0. The third-order valence-corrected chi connectivity index (χ3v) is 3.25. The van der Waals surface area contributed by atoms with Gasteiger partial charge in [-0.2, -0.15) is 0 Å². The summed E-state index contributed by atoms with van der Waals surface area (Å²) in [4.78, 5) is 8.82. The van der Waals surface area contributed by atoms with Crippen molar-refractivity contribution in [2.45, 2.75) is 26.2 Å². The summed E-state index contributed by atoms with van der Waals surface area (Å²) in [6, 6.07) is 7.43. The highest BCUT2D eigenvalue weighted by atomic mass is 79.9. The molecule has 3 N–H and O–H groups in total. The van der Waals surface area contributed by atoms with Crippen LogP contribution in [-0.2, 0) is 5.41 Å². The Kier molecular flexibility index (Phi) is 4.37. The fourth-order valence-electron chi connectivity index (χ4n) is 1.77. The topological polar surface area (TPSA) is 73.1 Å². The van der Waals surface area contributed by atoms with Crippen molar-refractivity contribution in [2.24, 2.45) is 0 Å². The number of rotatable bonds is 3. The molecule has 0 saturated heterocycles. The van der Waals surface area contributed by atoms with Gasteiger partial charge in [-0.05, 0) is 12.1 Å². The van der Waals surface area contributed by atoms with Gasteiger partial charge in [0.1, 0.15) is 23.2 Å². The number of anilines is 3. The molecule has 1 aromatic heterocycles. The molecule has 1 aromatic carbocycles. The highest BCUT2D eigenvalue weighted by molar-refractivity contribution is 9.10. The van der Waals surface area contributed by atoms with E-state index in [4.69, 9.17) is 10.5 Å². The van der Waals surface area contributed by atoms with E-state index < -0.39 is 0 Å². The van der Waals surface area contributed by atoms with Gasteiger partial charge in [0, 0.05) is 27.7 Å². The zero-order valence-corrected chi connectivity index (χ0v) is 14.2. The van der Waals surface area contributed by atoms with E-state index >= 15 is 0 Å². The lowest BCUT2D eigenvalue weighted by Crippen LogP contribution is -2.17. The van der Waals surface area contributed by atoms with Crippen molar-refractivity contribution in [2.75, 3.05) is 18.2 Å². The predicted octanol–water partition coefficient (Wildman–Crippen LogP) is 3.87. The SMILES string of the molecule is COc1cc(Br)cc(Nc2cc(N)nc(C(C)(C)C)n2)c1. The fraction of sp³-hybridized carbons (Fsp3) is 0.333. The number of nitrogens with two attached hydrogens (primary N) is 1. The Bertz CT molecular complexity index is 653. The Hall–Kier alpha value is -1.82. The summed E-state index contributed by atoms with van der Waals surface area (Å²) in [5, 5.41) is 3.23. The molecular weight excluding hydrogens is 332 g/mol. The van der Waals surface area contributed by atoms with Crippen LogP contribution in [0.25, 0.3) is 0 Å². The normalized spacial score (nSPS) is 11.3. The molecule has 0 bridgehead atoms. The highest BCUT2D eigenvalue weighted by Crippen LogP contribution is 2.28. The van der Waals surface area contributed by atoms with Crippen molar-refractivity contribution in [1.82, 2.24) is 9.97 Å². The van der Waals surface area contributed by atoms with Crippen molar-refractivity contribution >= 4 is 33.3 Å². The molecule has 0 aliphatic rings. The molecule has 0 aliphatic carbocycles. The first-order chi connectivity index (χ1) is 9.77. The summed E-state index contributed by atoms with van der Waals surface area (Å²) in [7, 11) is 1.63. The molecule has 0 spiro atoms. The lowest BCUT2D eigenvalue weighted by Gasteiger charge is -2.18. The molecule has 0 fully saturated rings. The minimum absolute atomic E-state index is 0.166. The maximum atomic E-state index is 5.87. The molecule has 0 unspecified atom stereocenters. The molecule has 0 aliphatic heterocycles. The number of methoxy groups -OCH3 is 1. The van der Waals surface area contributed by atoms with Crippen molar-refractivity contribution in [1.29, 1.82) is 0 Å².